The molecule has 2 heterocycles. The van der Waals surface area contributed by atoms with Crippen molar-refractivity contribution in [3.8, 4) is 5.75 Å². The van der Waals surface area contributed by atoms with Crippen molar-refractivity contribution >= 4 is 23.2 Å². The van der Waals surface area contributed by atoms with E-state index in [9.17, 15) is 14.4 Å². The van der Waals surface area contributed by atoms with Crippen LogP contribution in [0.4, 0.5) is 0 Å². The van der Waals surface area contributed by atoms with Crippen LogP contribution in [-0.4, -0.2) is 39.9 Å². The highest BCUT2D eigenvalue weighted by Crippen LogP contribution is 2.24. The van der Waals surface area contributed by atoms with Crippen molar-refractivity contribution in [2.75, 3.05) is 13.1 Å². The summed E-state index contributed by atoms with van der Waals surface area (Å²) in [5, 5.41) is 2.56. The van der Waals surface area contributed by atoms with Crippen LogP contribution in [-0.2, 0) is 22.7 Å². The number of hydrogen-bond acceptors (Lipinski definition) is 6. The van der Waals surface area contributed by atoms with Gasteiger partial charge in [-0.15, -0.1) is 0 Å². The van der Waals surface area contributed by atoms with E-state index in [1.807, 2.05) is 13.0 Å². The molecule has 37 heavy (non-hydrogen) atoms. The summed E-state index contributed by atoms with van der Waals surface area (Å²) in [5.74, 6) is 0.684. The number of amides is 2. The lowest BCUT2D eigenvalue weighted by Crippen LogP contribution is -2.28. The van der Waals surface area contributed by atoms with E-state index in [0.717, 1.165) is 12.1 Å². The topological polar surface area (TPSA) is 93.5 Å². The van der Waals surface area contributed by atoms with Gasteiger partial charge in [-0.3, -0.25) is 29.2 Å². The molecule has 4 rings (SSSR count). The standard InChI is InChI=1S/C29H36N4O4/c1-21(10-15-27(35)30-20-34)33-22(2)31-25-8-7-9-26(28(25)29(33)36)37-19-24-13-11-23(12-14-24)18-32-16-5-3-4-6-17-32/h7-9,11-14,20-21H,3-6,10,15-19H2,1-2H3,(H,30,34,35). The third-order valence-electron chi connectivity index (χ3n) is 7.04. The van der Waals surface area contributed by atoms with Crippen molar-refractivity contribution in [1.29, 1.82) is 0 Å². The zero-order valence-corrected chi connectivity index (χ0v) is 21.7. The Hall–Kier alpha value is -3.52. The quantitative estimate of drug-likeness (QED) is 0.415. The summed E-state index contributed by atoms with van der Waals surface area (Å²) in [7, 11) is 0. The van der Waals surface area contributed by atoms with Crippen LogP contribution in [0.5, 0.6) is 5.75 Å². The average Bonchev–Trinajstić information content (AvgIpc) is 3.15. The van der Waals surface area contributed by atoms with Crippen LogP contribution in [0, 0.1) is 6.92 Å². The highest BCUT2D eigenvalue weighted by Gasteiger charge is 2.18. The Kier molecular flexibility index (Phi) is 9.06. The van der Waals surface area contributed by atoms with Gasteiger partial charge in [0.05, 0.1) is 5.52 Å². The number of rotatable bonds is 10. The molecule has 1 aliphatic rings. The van der Waals surface area contributed by atoms with Gasteiger partial charge in [0.1, 0.15) is 23.6 Å². The molecule has 2 aromatic carbocycles. The maximum Gasteiger partial charge on any atom is 0.265 e. The number of ether oxygens (including phenoxy) is 1. The SMILES string of the molecule is Cc1nc2cccc(OCc3ccc(CN4CCCCCC4)cc3)c2c(=O)n1C(C)CCC(=O)NC=O. The van der Waals surface area contributed by atoms with Gasteiger partial charge in [0.25, 0.3) is 5.56 Å². The Morgan fingerprint density at radius 1 is 1.08 bits per heavy atom. The highest BCUT2D eigenvalue weighted by atomic mass is 16.5. The second-order valence-corrected chi connectivity index (χ2v) is 9.85. The van der Waals surface area contributed by atoms with Gasteiger partial charge < -0.3 is 4.74 Å². The predicted octanol–water partition coefficient (Wildman–Crippen LogP) is 4.27. The Morgan fingerprint density at radius 3 is 2.49 bits per heavy atom. The zero-order chi connectivity index (χ0) is 26.2. The van der Waals surface area contributed by atoms with Crippen molar-refractivity contribution in [3.63, 3.8) is 0 Å². The van der Waals surface area contributed by atoms with E-state index in [1.54, 1.807) is 23.6 Å². The number of nitrogens with zero attached hydrogens (tertiary/aromatic N) is 3. The number of benzene rings is 2. The monoisotopic (exact) mass is 504 g/mol. The summed E-state index contributed by atoms with van der Waals surface area (Å²) in [6.45, 7) is 7.31. The molecule has 1 aliphatic heterocycles. The maximum atomic E-state index is 13.5. The fourth-order valence-electron chi connectivity index (χ4n) is 5.02. The van der Waals surface area contributed by atoms with Crippen molar-refractivity contribution in [2.45, 2.75) is 71.6 Å². The van der Waals surface area contributed by atoms with Crippen LogP contribution >= 0.6 is 0 Å². The first-order valence-corrected chi connectivity index (χ1v) is 13.1. The molecule has 8 heteroatoms. The first kappa shape index (κ1) is 26.5. The van der Waals surface area contributed by atoms with Crippen LogP contribution in [0.3, 0.4) is 0 Å². The molecule has 2 amide bonds. The second kappa shape index (κ2) is 12.6. The summed E-state index contributed by atoms with van der Waals surface area (Å²) in [6.07, 6.45) is 6.13. The largest absolute Gasteiger partial charge is 0.488 e. The van der Waals surface area contributed by atoms with E-state index in [4.69, 9.17) is 4.74 Å². The van der Waals surface area contributed by atoms with Crippen LogP contribution in [0.15, 0.2) is 47.3 Å². The van der Waals surface area contributed by atoms with Crippen molar-refractivity contribution in [2.24, 2.45) is 0 Å². The molecule has 1 N–H and O–H groups in total. The molecule has 3 aromatic rings. The van der Waals surface area contributed by atoms with Crippen molar-refractivity contribution in [3.05, 3.63) is 69.8 Å². The highest BCUT2D eigenvalue weighted by molar-refractivity contribution is 5.86. The minimum Gasteiger partial charge on any atom is -0.488 e. The predicted molar refractivity (Wildman–Crippen MR) is 143 cm³/mol. The number of aromatic nitrogens is 2. The Bertz CT molecular complexity index is 1280. The fraction of sp³-hybridized carbons (Fsp3) is 0.448. The minimum absolute atomic E-state index is 0.135. The number of nitrogens with one attached hydrogen (secondary N) is 1. The van der Waals surface area contributed by atoms with E-state index >= 15 is 0 Å². The molecule has 1 unspecified atom stereocenters. The number of fused-ring (bicyclic) bond motifs is 1. The number of carbonyl (C=O) groups is 2. The molecule has 1 aromatic heterocycles. The molecule has 8 nitrogen and oxygen atoms in total. The molecule has 0 bridgehead atoms. The molecule has 0 saturated carbocycles. The Balaban J connectivity index is 1.48. The van der Waals surface area contributed by atoms with E-state index in [-0.39, 0.29) is 23.9 Å². The first-order valence-electron chi connectivity index (χ1n) is 13.1. The van der Waals surface area contributed by atoms with Gasteiger partial charge in [-0.1, -0.05) is 43.2 Å². The van der Waals surface area contributed by atoms with Gasteiger partial charge in [0, 0.05) is 19.0 Å². The van der Waals surface area contributed by atoms with Crippen LogP contribution in [0.2, 0.25) is 0 Å². The number of carbonyl (C=O) groups excluding carboxylic acids is 2. The molecular formula is C29H36N4O4. The molecule has 196 valence electrons. The summed E-state index contributed by atoms with van der Waals surface area (Å²) >= 11 is 0. The van der Waals surface area contributed by atoms with Crippen molar-refractivity contribution < 1.29 is 14.3 Å². The lowest BCUT2D eigenvalue weighted by molar-refractivity contribution is -0.125. The minimum atomic E-state index is -0.372. The van der Waals surface area contributed by atoms with E-state index in [0.29, 0.717) is 41.9 Å². The first-order chi connectivity index (χ1) is 18.0. The average molecular weight is 505 g/mol. The maximum absolute atomic E-state index is 13.5. The second-order valence-electron chi connectivity index (χ2n) is 9.85. The van der Waals surface area contributed by atoms with Gasteiger partial charge >= 0.3 is 0 Å². The number of hydrogen-bond donors (Lipinski definition) is 1. The van der Waals surface area contributed by atoms with Crippen molar-refractivity contribution in [1.82, 2.24) is 19.8 Å². The molecule has 0 radical (unpaired) electrons. The zero-order valence-electron chi connectivity index (χ0n) is 21.7. The number of likely N-dealkylation sites (tertiary alicyclic amines) is 1. The molecule has 1 fully saturated rings. The van der Waals surface area contributed by atoms with E-state index in [2.05, 4.69) is 39.5 Å². The molecule has 1 saturated heterocycles. The van der Waals surface area contributed by atoms with Gasteiger partial charge in [-0.2, -0.15) is 0 Å². The van der Waals surface area contributed by atoms with Gasteiger partial charge in [-0.25, -0.2) is 4.98 Å². The molecule has 0 aliphatic carbocycles. The number of aryl methyl sites for hydroxylation is 1. The van der Waals surface area contributed by atoms with Gasteiger partial charge in [0.15, 0.2) is 0 Å². The number of imide groups is 1. The van der Waals surface area contributed by atoms with E-state index in [1.165, 1.54) is 44.3 Å². The summed E-state index contributed by atoms with van der Waals surface area (Å²) in [6, 6.07) is 13.7. The third-order valence-corrected chi connectivity index (χ3v) is 7.04. The summed E-state index contributed by atoms with van der Waals surface area (Å²) < 4.78 is 7.73. The molecule has 0 spiro atoms. The van der Waals surface area contributed by atoms with Crippen LogP contribution in [0.1, 0.15) is 68.4 Å². The van der Waals surface area contributed by atoms with Gasteiger partial charge in [-0.05, 0) is 69.5 Å². The Morgan fingerprint density at radius 2 is 1.78 bits per heavy atom. The smallest absolute Gasteiger partial charge is 0.265 e. The fourth-order valence-corrected chi connectivity index (χ4v) is 5.02. The molecular weight excluding hydrogens is 468 g/mol. The summed E-state index contributed by atoms with van der Waals surface area (Å²) in [4.78, 5) is 42.9. The summed E-state index contributed by atoms with van der Waals surface area (Å²) in [5.41, 5.74) is 2.71. The lowest BCUT2D eigenvalue weighted by Gasteiger charge is -2.20. The van der Waals surface area contributed by atoms with Crippen LogP contribution in [0.25, 0.3) is 10.9 Å². The molecule has 1 atom stereocenters. The third kappa shape index (κ3) is 6.83. The lowest BCUT2D eigenvalue weighted by atomic mass is 10.1. The van der Waals surface area contributed by atoms with Crippen LogP contribution < -0.4 is 15.6 Å². The van der Waals surface area contributed by atoms with E-state index < -0.39 is 0 Å². The van der Waals surface area contributed by atoms with Gasteiger partial charge in [0.2, 0.25) is 12.3 Å². The Labute approximate surface area is 217 Å². The normalized spacial score (nSPS) is 15.2.